The number of amides is 1. The van der Waals surface area contributed by atoms with Gasteiger partial charge in [-0.3, -0.25) is 9.69 Å². The van der Waals surface area contributed by atoms with Crippen LogP contribution < -0.4 is 5.32 Å². The van der Waals surface area contributed by atoms with Crippen molar-refractivity contribution in [3.8, 4) is 0 Å². The van der Waals surface area contributed by atoms with Gasteiger partial charge in [-0.25, -0.2) is 4.39 Å². The topological polar surface area (TPSA) is 52.6 Å². The Kier molecular flexibility index (Phi) is 7.32. The first-order chi connectivity index (χ1) is 9.88. The van der Waals surface area contributed by atoms with Crippen LogP contribution >= 0.6 is 0 Å². The molecule has 1 rings (SSSR count). The number of rotatable bonds is 8. The van der Waals surface area contributed by atoms with Gasteiger partial charge in [0.15, 0.2) is 0 Å². The number of aliphatic hydroxyl groups is 1. The normalized spacial score (nSPS) is 12.7. The first-order valence-corrected chi connectivity index (χ1v) is 7.31. The molecule has 1 aromatic rings. The lowest BCUT2D eigenvalue weighted by atomic mass is 10.1. The molecule has 0 saturated carbocycles. The second kappa shape index (κ2) is 8.74. The third kappa shape index (κ3) is 7.20. The smallest absolute Gasteiger partial charge is 0.234 e. The summed E-state index contributed by atoms with van der Waals surface area (Å²) in [6.45, 7) is 6.96. The van der Waals surface area contributed by atoms with Crippen LogP contribution in [0.1, 0.15) is 26.3 Å². The molecule has 0 aromatic heterocycles. The van der Waals surface area contributed by atoms with Gasteiger partial charge in [0, 0.05) is 19.1 Å². The summed E-state index contributed by atoms with van der Waals surface area (Å²) in [5, 5.41) is 12.3. The number of benzene rings is 1. The van der Waals surface area contributed by atoms with Crippen molar-refractivity contribution in [2.75, 3.05) is 19.6 Å². The highest BCUT2D eigenvalue weighted by atomic mass is 19.1. The lowest BCUT2D eigenvalue weighted by Gasteiger charge is -2.26. The molecule has 118 valence electrons. The highest BCUT2D eigenvalue weighted by Crippen LogP contribution is 2.03. The summed E-state index contributed by atoms with van der Waals surface area (Å²) in [5.41, 5.74) is 0.987. The van der Waals surface area contributed by atoms with E-state index < -0.39 is 6.10 Å². The summed E-state index contributed by atoms with van der Waals surface area (Å²) in [7, 11) is 0. The molecule has 0 aliphatic rings. The Morgan fingerprint density at radius 3 is 2.43 bits per heavy atom. The van der Waals surface area contributed by atoms with Gasteiger partial charge in [-0.15, -0.1) is 0 Å². The Morgan fingerprint density at radius 2 is 1.90 bits per heavy atom. The molecule has 1 atom stereocenters. The zero-order valence-corrected chi connectivity index (χ0v) is 13.0. The van der Waals surface area contributed by atoms with Crippen molar-refractivity contribution in [1.82, 2.24) is 10.2 Å². The Labute approximate surface area is 126 Å². The van der Waals surface area contributed by atoms with E-state index in [0.29, 0.717) is 19.5 Å². The molecule has 0 aliphatic carbocycles. The predicted octanol–water partition coefficient (Wildman–Crippen LogP) is 1.58. The fourth-order valence-corrected chi connectivity index (χ4v) is 2.04. The minimum atomic E-state index is -0.459. The van der Waals surface area contributed by atoms with Crippen LogP contribution in [0, 0.1) is 5.82 Å². The number of hydrogen-bond acceptors (Lipinski definition) is 3. The molecule has 21 heavy (non-hydrogen) atoms. The summed E-state index contributed by atoms with van der Waals surface area (Å²) in [6, 6.07) is 6.47. The monoisotopic (exact) mass is 296 g/mol. The number of carbonyl (C=O) groups is 1. The predicted molar refractivity (Wildman–Crippen MR) is 81.5 cm³/mol. The molecule has 0 saturated heterocycles. The van der Waals surface area contributed by atoms with Gasteiger partial charge in [-0.05, 0) is 44.9 Å². The van der Waals surface area contributed by atoms with Crippen LogP contribution in [0.4, 0.5) is 4.39 Å². The van der Waals surface area contributed by atoms with Crippen LogP contribution in [0.5, 0.6) is 0 Å². The Balaban J connectivity index is 2.33. The average Bonchev–Trinajstić information content (AvgIpc) is 2.39. The molecule has 1 amide bonds. The highest BCUT2D eigenvalue weighted by Gasteiger charge is 2.15. The van der Waals surface area contributed by atoms with Crippen LogP contribution in [0.15, 0.2) is 24.3 Å². The molecular formula is C16H25FN2O2. The molecule has 1 aromatic carbocycles. The van der Waals surface area contributed by atoms with Gasteiger partial charge in [0.05, 0.1) is 12.6 Å². The lowest BCUT2D eigenvalue weighted by Crippen LogP contribution is -2.44. The van der Waals surface area contributed by atoms with Gasteiger partial charge in [0.1, 0.15) is 5.82 Å². The number of aliphatic hydroxyl groups excluding tert-OH is 1. The molecule has 0 spiro atoms. The number of hydrogen-bond donors (Lipinski definition) is 2. The maximum atomic E-state index is 12.8. The maximum absolute atomic E-state index is 12.8. The van der Waals surface area contributed by atoms with Crippen LogP contribution in [0.3, 0.4) is 0 Å². The van der Waals surface area contributed by atoms with E-state index in [1.54, 1.807) is 19.1 Å². The number of halogens is 1. The van der Waals surface area contributed by atoms with Crippen LogP contribution in [-0.2, 0) is 11.2 Å². The van der Waals surface area contributed by atoms with Crippen LogP contribution in [0.2, 0.25) is 0 Å². The van der Waals surface area contributed by atoms with E-state index in [-0.39, 0.29) is 24.3 Å². The van der Waals surface area contributed by atoms with E-state index in [9.17, 15) is 14.3 Å². The van der Waals surface area contributed by atoms with Crippen molar-refractivity contribution in [1.29, 1.82) is 0 Å². The number of carbonyl (C=O) groups excluding carboxylic acids is 1. The second-order valence-corrected chi connectivity index (χ2v) is 5.60. The summed E-state index contributed by atoms with van der Waals surface area (Å²) < 4.78 is 12.8. The average molecular weight is 296 g/mol. The first kappa shape index (κ1) is 17.6. The van der Waals surface area contributed by atoms with E-state index in [2.05, 4.69) is 5.32 Å². The van der Waals surface area contributed by atoms with Gasteiger partial charge < -0.3 is 10.4 Å². The van der Waals surface area contributed by atoms with E-state index in [1.807, 2.05) is 18.7 Å². The van der Waals surface area contributed by atoms with Crippen LogP contribution in [0.25, 0.3) is 0 Å². The van der Waals surface area contributed by atoms with Crippen molar-refractivity contribution in [2.24, 2.45) is 0 Å². The summed E-state index contributed by atoms with van der Waals surface area (Å²) in [6.07, 6.45) is 0.212. The maximum Gasteiger partial charge on any atom is 0.234 e. The van der Waals surface area contributed by atoms with Crippen molar-refractivity contribution >= 4 is 5.91 Å². The number of nitrogens with zero attached hydrogens (tertiary/aromatic N) is 1. The molecular weight excluding hydrogens is 271 g/mol. The number of nitrogens with one attached hydrogen (secondary N) is 1. The molecule has 5 heteroatoms. The molecule has 0 radical (unpaired) electrons. The van der Waals surface area contributed by atoms with Gasteiger partial charge in [0.25, 0.3) is 0 Å². The third-order valence-corrected chi connectivity index (χ3v) is 3.22. The second-order valence-electron chi connectivity index (χ2n) is 5.60. The van der Waals surface area contributed by atoms with Gasteiger partial charge in [-0.1, -0.05) is 12.1 Å². The van der Waals surface area contributed by atoms with E-state index in [1.165, 1.54) is 12.1 Å². The fraction of sp³-hybridized carbons (Fsp3) is 0.562. The summed E-state index contributed by atoms with van der Waals surface area (Å²) in [5.74, 6) is -0.319. The third-order valence-electron chi connectivity index (χ3n) is 3.22. The Bertz CT molecular complexity index is 432. The van der Waals surface area contributed by atoms with Crippen molar-refractivity contribution in [2.45, 2.75) is 39.3 Å². The standard InChI is InChI=1S/C16H25FN2O2/c1-12(2)19(10-13(3)20)11-16(21)18-9-8-14-4-6-15(17)7-5-14/h4-7,12-13,20H,8-11H2,1-3H3,(H,18,21). The molecule has 2 N–H and O–H groups in total. The van der Waals surface area contributed by atoms with Crippen molar-refractivity contribution < 1.29 is 14.3 Å². The fourth-order valence-electron chi connectivity index (χ4n) is 2.04. The SMILES string of the molecule is CC(O)CN(CC(=O)NCCc1ccc(F)cc1)C(C)C. The molecule has 4 nitrogen and oxygen atoms in total. The zero-order valence-electron chi connectivity index (χ0n) is 13.0. The van der Waals surface area contributed by atoms with E-state index >= 15 is 0 Å². The van der Waals surface area contributed by atoms with Crippen molar-refractivity contribution in [3.63, 3.8) is 0 Å². The minimum absolute atomic E-state index is 0.0635. The molecule has 0 fully saturated rings. The molecule has 1 unspecified atom stereocenters. The molecule has 0 aliphatic heterocycles. The summed E-state index contributed by atoms with van der Waals surface area (Å²) in [4.78, 5) is 13.8. The van der Waals surface area contributed by atoms with E-state index in [4.69, 9.17) is 0 Å². The quantitative estimate of drug-likeness (QED) is 0.766. The molecule has 0 bridgehead atoms. The lowest BCUT2D eigenvalue weighted by molar-refractivity contribution is -0.122. The van der Waals surface area contributed by atoms with E-state index in [0.717, 1.165) is 5.56 Å². The van der Waals surface area contributed by atoms with Crippen LogP contribution in [-0.4, -0.2) is 47.7 Å². The van der Waals surface area contributed by atoms with Gasteiger partial charge >= 0.3 is 0 Å². The zero-order chi connectivity index (χ0) is 15.8. The first-order valence-electron chi connectivity index (χ1n) is 7.31. The largest absolute Gasteiger partial charge is 0.392 e. The Morgan fingerprint density at radius 1 is 1.29 bits per heavy atom. The highest BCUT2D eigenvalue weighted by molar-refractivity contribution is 5.78. The minimum Gasteiger partial charge on any atom is -0.392 e. The summed E-state index contributed by atoms with van der Waals surface area (Å²) >= 11 is 0. The van der Waals surface area contributed by atoms with Gasteiger partial charge in [-0.2, -0.15) is 0 Å². The Hall–Kier alpha value is -1.46. The molecule has 0 heterocycles. The van der Waals surface area contributed by atoms with Crippen molar-refractivity contribution in [3.05, 3.63) is 35.6 Å². The van der Waals surface area contributed by atoms with Gasteiger partial charge in [0.2, 0.25) is 5.91 Å².